The lowest BCUT2D eigenvalue weighted by Crippen LogP contribution is -2.30. The Morgan fingerprint density at radius 3 is 2.96 bits per heavy atom. The van der Waals surface area contributed by atoms with E-state index in [2.05, 4.69) is 5.16 Å². The number of likely N-dealkylation sites (tertiary alicyclic amines) is 1. The number of hydrogen-bond acceptors (Lipinski definition) is 6. The van der Waals surface area contributed by atoms with E-state index in [1.807, 2.05) is 12.1 Å². The van der Waals surface area contributed by atoms with Gasteiger partial charge < -0.3 is 23.3 Å². The molecule has 0 radical (unpaired) electrons. The molecule has 1 saturated heterocycles. The lowest BCUT2D eigenvalue weighted by Gasteiger charge is -2.22. The molecule has 0 N–H and O–H groups in total. The molecule has 3 rings (SSSR count). The average Bonchev–Trinajstić information content (AvgIpc) is 3.27. The normalized spacial score (nSPS) is 17.8. The monoisotopic (exact) mass is 320 g/mol. The molecule has 1 atom stereocenters. The number of carbonyl (C=O) groups excluding carboxylic acids is 1. The van der Waals surface area contributed by atoms with Crippen molar-refractivity contribution in [3.63, 3.8) is 0 Å². The van der Waals surface area contributed by atoms with Gasteiger partial charge in [-0.15, -0.1) is 0 Å². The van der Waals surface area contributed by atoms with Gasteiger partial charge in [0.05, 0.1) is 12.6 Å². The highest BCUT2D eigenvalue weighted by Gasteiger charge is 2.34. The zero-order chi connectivity index (χ0) is 16.2. The summed E-state index contributed by atoms with van der Waals surface area (Å²) < 4.78 is 20.9. The molecule has 2 aromatic rings. The van der Waals surface area contributed by atoms with E-state index < -0.39 is 0 Å². The summed E-state index contributed by atoms with van der Waals surface area (Å²) in [5, 5.41) is 3.84. The minimum absolute atomic E-state index is 0.0709. The van der Waals surface area contributed by atoms with Gasteiger partial charge >= 0.3 is 0 Å². The first-order valence-electron chi connectivity index (χ1n) is 7.55. The smallest absolute Gasteiger partial charge is 0.259 e. The summed E-state index contributed by atoms with van der Waals surface area (Å²) in [5.74, 6) is 1.44. The lowest BCUT2D eigenvalue weighted by molar-refractivity contribution is 0.0710. The van der Waals surface area contributed by atoms with Crippen LogP contribution < -0.4 is 0 Å². The third-order valence-electron chi connectivity index (χ3n) is 3.97. The molecule has 23 heavy (non-hydrogen) atoms. The van der Waals surface area contributed by atoms with Crippen LogP contribution in [0.5, 0.6) is 0 Å². The fourth-order valence-corrected chi connectivity index (χ4v) is 2.93. The minimum Gasteiger partial charge on any atom is -0.461 e. The summed E-state index contributed by atoms with van der Waals surface area (Å²) in [6.45, 7) is 1.35. The number of hydrogen-bond donors (Lipinski definition) is 0. The molecule has 124 valence electrons. The average molecular weight is 320 g/mol. The zero-order valence-corrected chi connectivity index (χ0v) is 13.3. The highest BCUT2D eigenvalue weighted by molar-refractivity contribution is 5.95. The Bertz CT molecular complexity index is 663. The van der Waals surface area contributed by atoms with Gasteiger partial charge in [-0.3, -0.25) is 4.79 Å². The minimum atomic E-state index is -0.106. The van der Waals surface area contributed by atoms with Crippen molar-refractivity contribution in [2.24, 2.45) is 0 Å². The van der Waals surface area contributed by atoms with Gasteiger partial charge in [-0.2, -0.15) is 0 Å². The molecule has 0 aliphatic carbocycles. The number of rotatable bonds is 6. The molecule has 7 heteroatoms. The largest absolute Gasteiger partial charge is 0.461 e. The van der Waals surface area contributed by atoms with Gasteiger partial charge in [0.2, 0.25) is 0 Å². The SMILES string of the molecule is COCc1ccc([C@H]2CCCN2C(=O)c2conc2COC)o1. The first-order valence-corrected chi connectivity index (χ1v) is 7.55. The van der Waals surface area contributed by atoms with Crippen molar-refractivity contribution >= 4 is 5.91 Å². The Morgan fingerprint density at radius 1 is 1.35 bits per heavy atom. The van der Waals surface area contributed by atoms with Crippen LogP contribution in [0, 0.1) is 0 Å². The van der Waals surface area contributed by atoms with E-state index in [1.54, 1.807) is 19.1 Å². The van der Waals surface area contributed by atoms with E-state index in [0.29, 0.717) is 24.4 Å². The molecule has 0 unspecified atom stereocenters. The van der Waals surface area contributed by atoms with Gasteiger partial charge in [0.25, 0.3) is 5.91 Å². The molecule has 0 bridgehead atoms. The molecule has 0 aromatic carbocycles. The molecule has 3 heterocycles. The van der Waals surface area contributed by atoms with Crippen LogP contribution in [0.1, 0.15) is 46.5 Å². The predicted octanol–water partition coefficient (Wildman–Crippen LogP) is 2.54. The summed E-state index contributed by atoms with van der Waals surface area (Å²) >= 11 is 0. The fourth-order valence-electron chi connectivity index (χ4n) is 2.93. The van der Waals surface area contributed by atoms with E-state index in [1.165, 1.54) is 6.26 Å². The molecular weight excluding hydrogens is 300 g/mol. The van der Waals surface area contributed by atoms with Crippen molar-refractivity contribution in [2.45, 2.75) is 32.1 Å². The van der Waals surface area contributed by atoms with Crippen LogP contribution in [-0.4, -0.2) is 36.7 Å². The summed E-state index contributed by atoms with van der Waals surface area (Å²) in [6.07, 6.45) is 3.18. The van der Waals surface area contributed by atoms with Crippen molar-refractivity contribution in [3.8, 4) is 0 Å². The molecule has 7 nitrogen and oxygen atoms in total. The van der Waals surface area contributed by atoms with Crippen molar-refractivity contribution in [1.29, 1.82) is 0 Å². The second kappa shape index (κ2) is 6.97. The predicted molar refractivity (Wildman–Crippen MR) is 79.6 cm³/mol. The number of ether oxygens (including phenoxy) is 2. The summed E-state index contributed by atoms with van der Waals surface area (Å²) in [5.41, 5.74) is 0.963. The fraction of sp³-hybridized carbons (Fsp3) is 0.500. The first-order chi connectivity index (χ1) is 11.2. The van der Waals surface area contributed by atoms with Crippen LogP contribution in [0.3, 0.4) is 0 Å². The van der Waals surface area contributed by atoms with E-state index in [4.69, 9.17) is 18.4 Å². The van der Waals surface area contributed by atoms with Gasteiger partial charge in [0.1, 0.15) is 35.6 Å². The van der Waals surface area contributed by atoms with Gasteiger partial charge in [-0.05, 0) is 25.0 Å². The van der Waals surface area contributed by atoms with Crippen LogP contribution in [0.15, 0.2) is 27.3 Å². The van der Waals surface area contributed by atoms with Gasteiger partial charge in [0.15, 0.2) is 0 Å². The Morgan fingerprint density at radius 2 is 2.17 bits per heavy atom. The number of methoxy groups -OCH3 is 2. The third-order valence-corrected chi connectivity index (χ3v) is 3.97. The molecule has 1 amide bonds. The first kappa shape index (κ1) is 15.8. The molecule has 1 aliphatic heterocycles. The molecule has 1 fully saturated rings. The van der Waals surface area contributed by atoms with Crippen LogP contribution in [0.2, 0.25) is 0 Å². The van der Waals surface area contributed by atoms with Gasteiger partial charge in [-0.1, -0.05) is 5.16 Å². The highest BCUT2D eigenvalue weighted by Crippen LogP contribution is 2.34. The quantitative estimate of drug-likeness (QED) is 0.814. The van der Waals surface area contributed by atoms with E-state index >= 15 is 0 Å². The Balaban J connectivity index is 1.80. The van der Waals surface area contributed by atoms with Crippen molar-refractivity contribution in [1.82, 2.24) is 10.1 Å². The summed E-state index contributed by atoms with van der Waals surface area (Å²) in [7, 11) is 3.18. The van der Waals surface area contributed by atoms with E-state index in [9.17, 15) is 4.79 Å². The maximum atomic E-state index is 12.8. The second-order valence-corrected chi connectivity index (χ2v) is 5.50. The lowest BCUT2D eigenvalue weighted by atomic mass is 10.1. The van der Waals surface area contributed by atoms with Crippen molar-refractivity contribution in [3.05, 3.63) is 41.2 Å². The molecule has 1 aliphatic rings. The molecule has 0 spiro atoms. The number of nitrogens with zero attached hydrogens (tertiary/aromatic N) is 2. The number of aromatic nitrogens is 1. The third kappa shape index (κ3) is 3.16. The molecule has 2 aromatic heterocycles. The summed E-state index contributed by atoms with van der Waals surface area (Å²) in [6, 6.07) is 3.72. The van der Waals surface area contributed by atoms with Gasteiger partial charge in [0, 0.05) is 20.8 Å². The van der Waals surface area contributed by atoms with Gasteiger partial charge in [-0.25, -0.2) is 0 Å². The summed E-state index contributed by atoms with van der Waals surface area (Å²) in [4.78, 5) is 14.6. The van der Waals surface area contributed by atoms with Crippen LogP contribution in [-0.2, 0) is 22.7 Å². The van der Waals surface area contributed by atoms with Crippen molar-refractivity contribution in [2.75, 3.05) is 20.8 Å². The van der Waals surface area contributed by atoms with Crippen molar-refractivity contribution < 1.29 is 23.2 Å². The maximum absolute atomic E-state index is 12.8. The number of carbonyl (C=O) groups is 1. The van der Waals surface area contributed by atoms with E-state index in [0.717, 1.165) is 24.4 Å². The standard InChI is InChI=1S/C16H20N2O5/c1-20-8-11-5-6-15(23-11)14-4-3-7-18(14)16(19)12-9-22-17-13(12)10-21-2/h5-6,9,14H,3-4,7-8,10H2,1-2H3/t14-/m1/s1. The zero-order valence-electron chi connectivity index (χ0n) is 13.3. The van der Waals surface area contributed by atoms with Crippen LogP contribution >= 0.6 is 0 Å². The second-order valence-electron chi connectivity index (χ2n) is 5.50. The number of furan rings is 1. The van der Waals surface area contributed by atoms with E-state index in [-0.39, 0.29) is 18.6 Å². The van der Waals surface area contributed by atoms with Crippen LogP contribution in [0.4, 0.5) is 0 Å². The Kier molecular flexibility index (Phi) is 4.78. The maximum Gasteiger partial charge on any atom is 0.259 e. The highest BCUT2D eigenvalue weighted by atomic mass is 16.5. The Labute approximate surface area is 134 Å². The number of amides is 1. The van der Waals surface area contributed by atoms with Crippen LogP contribution in [0.25, 0.3) is 0 Å². The topological polar surface area (TPSA) is 77.9 Å². The molecular formula is C16H20N2O5. The Hall–Kier alpha value is -2.12. The molecule has 0 saturated carbocycles.